The lowest BCUT2D eigenvalue weighted by molar-refractivity contribution is -0.129. The van der Waals surface area contributed by atoms with Crippen molar-refractivity contribution < 1.29 is 4.79 Å². The Balaban J connectivity index is 2.02. The lowest BCUT2D eigenvalue weighted by Gasteiger charge is -2.39. The number of aromatic nitrogens is 2. The topological polar surface area (TPSA) is 50.2 Å². The van der Waals surface area contributed by atoms with Gasteiger partial charge in [0.15, 0.2) is 5.78 Å². The van der Waals surface area contributed by atoms with Crippen LogP contribution in [0.3, 0.4) is 0 Å². The predicted octanol–water partition coefficient (Wildman–Crippen LogP) is 0.216. The third-order valence-corrected chi connectivity index (χ3v) is 3.70. The Labute approximate surface area is 108 Å². The van der Waals surface area contributed by atoms with E-state index in [0.717, 1.165) is 31.9 Å². The molecule has 1 N–H and O–H groups in total. The Kier molecular flexibility index (Phi) is 3.82. The van der Waals surface area contributed by atoms with Crippen LogP contribution in [0.4, 0.5) is 0 Å². The molecule has 0 saturated carbocycles. The first-order valence-electron chi connectivity index (χ1n) is 6.48. The number of carbonyl (C=O) groups excluding carboxylic acids is 1. The van der Waals surface area contributed by atoms with E-state index in [9.17, 15) is 4.79 Å². The van der Waals surface area contributed by atoms with Gasteiger partial charge in [0.2, 0.25) is 0 Å². The molecule has 5 heteroatoms. The highest BCUT2D eigenvalue weighted by atomic mass is 16.1. The number of Topliss-reactive ketones (excluding diaryl/α,β-unsaturated/α-hetero) is 1. The van der Waals surface area contributed by atoms with E-state index in [4.69, 9.17) is 0 Å². The van der Waals surface area contributed by atoms with E-state index in [0.29, 0.717) is 6.42 Å². The highest BCUT2D eigenvalue weighted by Crippen LogP contribution is 2.18. The lowest BCUT2D eigenvalue weighted by Crippen LogP contribution is -2.57. The van der Waals surface area contributed by atoms with Gasteiger partial charge in [0.25, 0.3) is 0 Å². The molecular weight excluding hydrogens is 228 g/mol. The van der Waals surface area contributed by atoms with Crippen molar-refractivity contribution in [1.82, 2.24) is 20.0 Å². The van der Waals surface area contributed by atoms with Gasteiger partial charge in [-0.15, -0.1) is 0 Å². The fourth-order valence-electron chi connectivity index (χ4n) is 2.34. The molecule has 2 heterocycles. The van der Waals surface area contributed by atoms with Gasteiger partial charge in [0.05, 0.1) is 17.7 Å². The molecule has 0 aliphatic carbocycles. The van der Waals surface area contributed by atoms with Crippen LogP contribution in [0.5, 0.6) is 0 Å². The van der Waals surface area contributed by atoms with Gasteiger partial charge in [0, 0.05) is 39.4 Å². The van der Waals surface area contributed by atoms with Crippen molar-refractivity contribution in [1.29, 1.82) is 0 Å². The minimum atomic E-state index is -0.403. The third kappa shape index (κ3) is 2.79. The molecule has 0 radical (unpaired) electrons. The Hall–Kier alpha value is -1.20. The van der Waals surface area contributed by atoms with E-state index < -0.39 is 5.54 Å². The zero-order valence-electron chi connectivity index (χ0n) is 11.4. The maximum atomic E-state index is 12.4. The molecule has 18 heavy (non-hydrogen) atoms. The third-order valence-electron chi connectivity index (χ3n) is 3.70. The fraction of sp³-hybridized carbons (Fsp3) is 0.692. The quantitative estimate of drug-likeness (QED) is 0.830. The Bertz CT molecular complexity index is 418. The second-order valence-electron chi connectivity index (χ2n) is 5.38. The van der Waals surface area contributed by atoms with Gasteiger partial charge in [-0.3, -0.25) is 14.4 Å². The first-order chi connectivity index (χ1) is 8.50. The van der Waals surface area contributed by atoms with E-state index in [1.165, 1.54) is 0 Å². The first kappa shape index (κ1) is 13.2. The Morgan fingerprint density at radius 2 is 2.11 bits per heavy atom. The minimum Gasteiger partial charge on any atom is -0.314 e. The van der Waals surface area contributed by atoms with Crippen molar-refractivity contribution in [2.75, 3.05) is 26.2 Å². The predicted molar refractivity (Wildman–Crippen MR) is 70.4 cm³/mol. The molecule has 0 amide bonds. The molecule has 0 bridgehead atoms. The molecule has 0 aromatic carbocycles. The molecule has 1 aromatic rings. The number of hydrogen-bond donors (Lipinski definition) is 1. The molecule has 5 nitrogen and oxygen atoms in total. The monoisotopic (exact) mass is 250 g/mol. The smallest absolute Gasteiger partial charge is 0.158 e. The average Bonchev–Trinajstić information content (AvgIpc) is 2.76. The van der Waals surface area contributed by atoms with E-state index in [-0.39, 0.29) is 5.78 Å². The summed E-state index contributed by atoms with van der Waals surface area (Å²) in [5.74, 6) is 0.239. The summed E-state index contributed by atoms with van der Waals surface area (Å²) in [4.78, 5) is 14.7. The van der Waals surface area contributed by atoms with Crippen LogP contribution in [-0.4, -0.2) is 52.2 Å². The molecule has 0 atom stereocenters. The Morgan fingerprint density at radius 3 is 2.67 bits per heavy atom. The van der Waals surface area contributed by atoms with Crippen LogP contribution in [0, 0.1) is 0 Å². The molecule has 0 unspecified atom stereocenters. The van der Waals surface area contributed by atoms with Crippen LogP contribution >= 0.6 is 0 Å². The number of nitrogens with zero attached hydrogens (tertiary/aromatic N) is 3. The number of nitrogens with one attached hydrogen (secondary N) is 1. The second-order valence-corrected chi connectivity index (χ2v) is 5.38. The molecule has 1 saturated heterocycles. The largest absolute Gasteiger partial charge is 0.314 e. The van der Waals surface area contributed by atoms with Crippen LogP contribution in [0.2, 0.25) is 0 Å². The summed E-state index contributed by atoms with van der Waals surface area (Å²) < 4.78 is 1.74. The SMILES string of the molecule is Cn1ccc(CC(=O)C(C)(C)N2CCNCC2)n1. The van der Waals surface area contributed by atoms with Crippen LogP contribution in [0.25, 0.3) is 0 Å². The maximum absolute atomic E-state index is 12.4. The highest BCUT2D eigenvalue weighted by Gasteiger charge is 2.34. The van der Waals surface area contributed by atoms with E-state index in [1.807, 2.05) is 33.2 Å². The van der Waals surface area contributed by atoms with Crippen LogP contribution in [0.15, 0.2) is 12.3 Å². The molecule has 1 fully saturated rings. The van der Waals surface area contributed by atoms with Gasteiger partial charge in [-0.2, -0.15) is 5.10 Å². The van der Waals surface area contributed by atoms with Gasteiger partial charge in [-0.05, 0) is 19.9 Å². The van der Waals surface area contributed by atoms with Gasteiger partial charge in [-0.1, -0.05) is 0 Å². The van der Waals surface area contributed by atoms with Gasteiger partial charge in [0.1, 0.15) is 0 Å². The van der Waals surface area contributed by atoms with E-state index >= 15 is 0 Å². The molecule has 2 rings (SSSR count). The molecule has 1 aliphatic heterocycles. The Morgan fingerprint density at radius 1 is 1.44 bits per heavy atom. The number of piperazine rings is 1. The normalized spacial score (nSPS) is 17.9. The average molecular weight is 250 g/mol. The van der Waals surface area contributed by atoms with Gasteiger partial charge in [-0.25, -0.2) is 0 Å². The number of aryl methyl sites for hydroxylation is 1. The molecule has 0 spiro atoms. The summed E-state index contributed by atoms with van der Waals surface area (Å²) in [7, 11) is 1.87. The van der Waals surface area contributed by atoms with Crippen molar-refractivity contribution in [2.24, 2.45) is 7.05 Å². The van der Waals surface area contributed by atoms with Crippen molar-refractivity contribution in [3.05, 3.63) is 18.0 Å². The van der Waals surface area contributed by atoms with Crippen molar-refractivity contribution in [3.63, 3.8) is 0 Å². The lowest BCUT2D eigenvalue weighted by atomic mass is 9.92. The summed E-state index contributed by atoms with van der Waals surface area (Å²) in [6.07, 6.45) is 2.29. The van der Waals surface area contributed by atoms with Crippen LogP contribution in [-0.2, 0) is 18.3 Å². The summed E-state index contributed by atoms with van der Waals surface area (Å²) in [6, 6.07) is 1.91. The van der Waals surface area contributed by atoms with Crippen molar-refractivity contribution in [3.8, 4) is 0 Å². The molecular formula is C13H22N4O. The van der Waals surface area contributed by atoms with Crippen LogP contribution < -0.4 is 5.32 Å². The van der Waals surface area contributed by atoms with E-state index in [1.54, 1.807) is 4.68 Å². The van der Waals surface area contributed by atoms with E-state index in [2.05, 4.69) is 15.3 Å². The van der Waals surface area contributed by atoms with Gasteiger partial charge >= 0.3 is 0 Å². The molecule has 100 valence electrons. The summed E-state index contributed by atoms with van der Waals surface area (Å²) in [6.45, 7) is 7.82. The zero-order valence-corrected chi connectivity index (χ0v) is 11.4. The minimum absolute atomic E-state index is 0.239. The first-order valence-corrected chi connectivity index (χ1v) is 6.48. The zero-order chi connectivity index (χ0) is 13.2. The molecule has 1 aliphatic rings. The van der Waals surface area contributed by atoms with Crippen LogP contribution in [0.1, 0.15) is 19.5 Å². The number of ketones is 1. The second kappa shape index (κ2) is 5.20. The number of rotatable bonds is 4. The number of carbonyl (C=O) groups is 1. The van der Waals surface area contributed by atoms with Crippen molar-refractivity contribution in [2.45, 2.75) is 25.8 Å². The summed E-state index contributed by atoms with van der Waals surface area (Å²) >= 11 is 0. The maximum Gasteiger partial charge on any atom is 0.158 e. The fourth-order valence-corrected chi connectivity index (χ4v) is 2.34. The summed E-state index contributed by atoms with van der Waals surface area (Å²) in [5, 5.41) is 7.58. The summed E-state index contributed by atoms with van der Waals surface area (Å²) in [5.41, 5.74) is 0.449. The van der Waals surface area contributed by atoms with Crippen molar-refractivity contribution >= 4 is 5.78 Å². The molecule has 1 aromatic heterocycles. The van der Waals surface area contributed by atoms with Gasteiger partial charge < -0.3 is 5.32 Å². The number of hydrogen-bond acceptors (Lipinski definition) is 4. The highest BCUT2D eigenvalue weighted by molar-refractivity contribution is 5.89. The standard InChI is InChI=1S/C13H22N4O/c1-13(2,17-8-5-14-6-9-17)12(18)10-11-4-7-16(3)15-11/h4,7,14H,5-6,8-10H2,1-3H3.